The van der Waals surface area contributed by atoms with Gasteiger partial charge in [-0.2, -0.15) is 0 Å². The molecule has 0 aromatic carbocycles. The highest BCUT2D eigenvalue weighted by Crippen LogP contribution is 2.07. The fourth-order valence-corrected chi connectivity index (χ4v) is 0.746. The molecule has 0 unspecified atom stereocenters. The average Bonchev–Trinajstić information content (AvgIpc) is 2.19. The van der Waals surface area contributed by atoms with Crippen molar-refractivity contribution in [1.29, 1.82) is 0 Å². The second-order valence-corrected chi connectivity index (χ2v) is 1.73. The number of hydrogen-bond donors (Lipinski definition) is 0. The standard InChI is InChI=1S/C4H2NO2S/c6-3-7-4-1-8-2-5-4/h1-2H. The Bertz CT molecular complexity index is 161. The molecule has 0 fully saturated rings. The first kappa shape index (κ1) is 5.24. The summed E-state index contributed by atoms with van der Waals surface area (Å²) in [5, 5.41) is 1.62. The number of aromatic nitrogens is 1. The number of hydrogen-bond acceptors (Lipinski definition) is 4. The molecule has 0 amide bonds. The lowest BCUT2D eigenvalue weighted by molar-refractivity contribution is 0.435. The van der Waals surface area contributed by atoms with Crippen molar-refractivity contribution in [3.05, 3.63) is 10.9 Å². The predicted octanol–water partition coefficient (Wildman–Crippen LogP) is 0.589. The number of ether oxygens (including phenoxy) is 1. The Labute approximate surface area is 49.9 Å². The van der Waals surface area contributed by atoms with E-state index in [-0.39, 0.29) is 0 Å². The van der Waals surface area contributed by atoms with Gasteiger partial charge in [0.15, 0.2) is 0 Å². The molecule has 1 radical (unpaired) electrons. The van der Waals surface area contributed by atoms with Crippen LogP contribution < -0.4 is 4.74 Å². The second kappa shape index (κ2) is 2.42. The maximum Gasteiger partial charge on any atom is 0.424 e. The van der Waals surface area contributed by atoms with Gasteiger partial charge in [0.25, 0.3) is 0 Å². The molecule has 0 aliphatic rings. The normalized spacial score (nSPS) is 8.50. The summed E-state index contributed by atoms with van der Waals surface area (Å²) in [5.74, 6) is 0.310. The number of carbonyl (C=O) groups excluding carboxylic acids is 1. The van der Waals surface area contributed by atoms with E-state index in [2.05, 4.69) is 9.72 Å². The van der Waals surface area contributed by atoms with Crippen LogP contribution in [0, 0.1) is 0 Å². The lowest BCUT2D eigenvalue weighted by atomic mass is 10.9. The summed E-state index contributed by atoms with van der Waals surface area (Å²) in [6.07, 6.45) is 0. The minimum Gasteiger partial charge on any atom is -0.398 e. The summed E-state index contributed by atoms with van der Waals surface area (Å²) in [4.78, 5) is 13.1. The molecule has 1 aromatic heterocycles. The van der Waals surface area contributed by atoms with E-state index in [0.717, 1.165) is 0 Å². The van der Waals surface area contributed by atoms with Crippen molar-refractivity contribution in [2.45, 2.75) is 0 Å². The molecule has 41 valence electrons. The van der Waals surface area contributed by atoms with Crippen molar-refractivity contribution in [2.75, 3.05) is 0 Å². The Morgan fingerprint density at radius 3 is 3.25 bits per heavy atom. The summed E-state index contributed by atoms with van der Waals surface area (Å²) in [7, 11) is 0. The lowest BCUT2D eigenvalue weighted by Gasteiger charge is -1.81. The van der Waals surface area contributed by atoms with Gasteiger partial charge < -0.3 is 4.74 Å². The smallest absolute Gasteiger partial charge is 0.398 e. The third-order valence-electron chi connectivity index (χ3n) is 0.556. The lowest BCUT2D eigenvalue weighted by Crippen LogP contribution is -1.86. The molecule has 0 bridgehead atoms. The van der Waals surface area contributed by atoms with Crippen molar-refractivity contribution in [3.63, 3.8) is 0 Å². The van der Waals surface area contributed by atoms with Crippen LogP contribution in [0.4, 0.5) is 0 Å². The highest BCUT2D eigenvalue weighted by atomic mass is 32.1. The van der Waals surface area contributed by atoms with Gasteiger partial charge >= 0.3 is 6.47 Å². The molecule has 0 spiro atoms. The third-order valence-corrected chi connectivity index (χ3v) is 1.12. The molecule has 3 nitrogen and oxygen atoms in total. The Morgan fingerprint density at radius 2 is 2.75 bits per heavy atom. The fourth-order valence-electron chi connectivity index (χ4n) is 0.295. The average molecular weight is 128 g/mol. The van der Waals surface area contributed by atoms with E-state index < -0.39 is 0 Å². The maximum absolute atomic E-state index is 9.49. The van der Waals surface area contributed by atoms with Crippen LogP contribution in [0.3, 0.4) is 0 Å². The van der Waals surface area contributed by atoms with E-state index in [0.29, 0.717) is 5.88 Å². The second-order valence-electron chi connectivity index (χ2n) is 1.01. The van der Waals surface area contributed by atoms with Gasteiger partial charge in [-0.15, -0.1) is 11.3 Å². The third kappa shape index (κ3) is 1.04. The molecule has 0 saturated heterocycles. The van der Waals surface area contributed by atoms with E-state index >= 15 is 0 Å². The number of thiazole rings is 1. The van der Waals surface area contributed by atoms with E-state index in [9.17, 15) is 4.79 Å². The van der Waals surface area contributed by atoms with Gasteiger partial charge in [0.2, 0.25) is 5.88 Å². The van der Waals surface area contributed by atoms with Gasteiger partial charge in [-0.25, -0.2) is 9.78 Å². The number of nitrogens with zero attached hydrogens (tertiary/aromatic N) is 1. The van der Waals surface area contributed by atoms with E-state index in [1.807, 2.05) is 0 Å². The van der Waals surface area contributed by atoms with Crippen molar-refractivity contribution in [3.8, 4) is 5.88 Å². The first-order valence-corrected chi connectivity index (χ1v) is 2.80. The van der Waals surface area contributed by atoms with Gasteiger partial charge in [-0.05, 0) is 0 Å². The molecule has 4 heteroatoms. The van der Waals surface area contributed by atoms with Crippen LogP contribution in [0.1, 0.15) is 0 Å². The highest BCUT2D eigenvalue weighted by Gasteiger charge is 1.90. The zero-order chi connectivity index (χ0) is 5.82. The molecule has 0 aliphatic carbocycles. The molecule has 0 saturated carbocycles. The van der Waals surface area contributed by atoms with Crippen LogP contribution >= 0.6 is 11.3 Å². The Kier molecular flexibility index (Phi) is 1.58. The van der Waals surface area contributed by atoms with Gasteiger partial charge in [-0.3, -0.25) is 0 Å². The summed E-state index contributed by atoms with van der Waals surface area (Å²) < 4.78 is 4.24. The van der Waals surface area contributed by atoms with Crippen molar-refractivity contribution in [2.24, 2.45) is 0 Å². The maximum atomic E-state index is 9.49. The molecule has 1 rings (SSSR count). The van der Waals surface area contributed by atoms with Crippen molar-refractivity contribution in [1.82, 2.24) is 4.98 Å². The molecular formula is C4H2NO2S. The molecule has 0 aliphatic heterocycles. The zero-order valence-electron chi connectivity index (χ0n) is 3.83. The predicted molar refractivity (Wildman–Crippen MR) is 28.4 cm³/mol. The van der Waals surface area contributed by atoms with Crippen molar-refractivity contribution >= 4 is 17.8 Å². The molecular weight excluding hydrogens is 126 g/mol. The van der Waals surface area contributed by atoms with Gasteiger partial charge in [0, 0.05) is 0 Å². The van der Waals surface area contributed by atoms with Gasteiger partial charge in [0.05, 0.1) is 10.9 Å². The molecule has 1 aromatic rings. The summed E-state index contributed by atoms with van der Waals surface area (Å²) in [6, 6.07) is 0. The van der Waals surface area contributed by atoms with Gasteiger partial charge in [-0.1, -0.05) is 0 Å². The highest BCUT2D eigenvalue weighted by molar-refractivity contribution is 7.07. The van der Waals surface area contributed by atoms with Crippen LogP contribution in [-0.4, -0.2) is 11.5 Å². The Balaban J connectivity index is 2.62. The van der Waals surface area contributed by atoms with E-state index in [1.165, 1.54) is 17.8 Å². The summed E-state index contributed by atoms with van der Waals surface area (Å²) in [5.41, 5.74) is 1.58. The van der Waals surface area contributed by atoms with Gasteiger partial charge in [0.1, 0.15) is 0 Å². The molecule has 0 N–H and O–H groups in total. The molecule has 8 heavy (non-hydrogen) atoms. The quantitative estimate of drug-likeness (QED) is 0.585. The molecule has 1 heterocycles. The summed E-state index contributed by atoms with van der Waals surface area (Å²) in [6.45, 7) is 1.26. The van der Waals surface area contributed by atoms with Crippen LogP contribution in [0.2, 0.25) is 0 Å². The topological polar surface area (TPSA) is 39.2 Å². The summed E-state index contributed by atoms with van der Waals surface area (Å²) >= 11 is 1.36. The minimum absolute atomic E-state index is 0.310. The first-order valence-electron chi connectivity index (χ1n) is 1.85. The minimum atomic E-state index is 0.310. The largest absolute Gasteiger partial charge is 0.424 e. The van der Waals surface area contributed by atoms with E-state index in [1.54, 1.807) is 10.9 Å². The van der Waals surface area contributed by atoms with E-state index in [4.69, 9.17) is 0 Å². The molecule has 0 atom stereocenters. The number of rotatable bonds is 2. The van der Waals surface area contributed by atoms with Crippen molar-refractivity contribution < 1.29 is 9.53 Å². The SMILES string of the molecule is O=[C]Oc1cscn1. The van der Waals surface area contributed by atoms with Crippen LogP contribution in [0.25, 0.3) is 0 Å². The Morgan fingerprint density at radius 1 is 1.88 bits per heavy atom. The van der Waals surface area contributed by atoms with Crippen LogP contribution in [0.5, 0.6) is 5.88 Å². The van der Waals surface area contributed by atoms with Crippen LogP contribution in [-0.2, 0) is 4.79 Å². The Hall–Kier alpha value is -0.900. The monoisotopic (exact) mass is 128 g/mol. The first-order chi connectivity index (χ1) is 3.93. The zero-order valence-corrected chi connectivity index (χ0v) is 4.64. The fraction of sp³-hybridized carbons (Fsp3) is 0. The van der Waals surface area contributed by atoms with Crippen LogP contribution in [0.15, 0.2) is 10.9 Å².